The SMILES string of the molecule is O=C1CN(C(=O)N2C(c3ccc4c(c3)N(c3ccccc3)C(=O)CNC4=O)=N[C@@H](c3ccc(Cl)cc3)[C@H]2c2ccc(Cl)cc2)CCN1. The molecule has 3 heterocycles. The van der Waals surface area contributed by atoms with E-state index in [9.17, 15) is 19.2 Å². The van der Waals surface area contributed by atoms with Crippen LogP contribution in [-0.4, -0.2) is 65.6 Å². The van der Waals surface area contributed by atoms with Gasteiger partial charge in [-0.1, -0.05) is 71.7 Å². The Balaban J connectivity index is 1.42. The molecule has 0 aromatic heterocycles. The highest BCUT2D eigenvalue weighted by molar-refractivity contribution is 6.30. The molecule has 0 spiro atoms. The first kappa shape index (κ1) is 30.5. The predicted octanol–water partition coefficient (Wildman–Crippen LogP) is 5.50. The summed E-state index contributed by atoms with van der Waals surface area (Å²) in [5.74, 6) is -0.641. The maximum absolute atomic E-state index is 14.6. The molecule has 0 aliphatic carbocycles. The zero-order valence-electron chi connectivity index (χ0n) is 24.9. The molecule has 1 fully saturated rings. The third kappa shape index (κ3) is 5.82. The van der Waals surface area contributed by atoms with Gasteiger partial charge in [0.25, 0.3) is 11.8 Å². The quantitative estimate of drug-likeness (QED) is 0.299. The number of nitrogens with one attached hydrogen (secondary N) is 2. The van der Waals surface area contributed by atoms with Crippen LogP contribution in [0.25, 0.3) is 0 Å². The van der Waals surface area contributed by atoms with Crippen LogP contribution >= 0.6 is 23.2 Å². The van der Waals surface area contributed by atoms with Crippen LogP contribution in [0, 0.1) is 0 Å². The normalized spacial score (nSPS) is 19.5. The molecular weight excluding hydrogens is 639 g/mol. The molecule has 47 heavy (non-hydrogen) atoms. The number of hydrogen-bond acceptors (Lipinski definition) is 5. The number of amides is 5. The maximum atomic E-state index is 14.6. The Kier molecular flexibility index (Phi) is 8.13. The van der Waals surface area contributed by atoms with Gasteiger partial charge in [-0.3, -0.25) is 29.2 Å². The fourth-order valence-electron chi connectivity index (χ4n) is 6.20. The second kappa shape index (κ2) is 12.5. The number of rotatable bonds is 4. The second-order valence-corrected chi connectivity index (χ2v) is 12.2. The Bertz CT molecular complexity index is 1920. The van der Waals surface area contributed by atoms with Gasteiger partial charge in [-0.15, -0.1) is 0 Å². The van der Waals surface area contributed by atoms with E-state index in [0.29, 0.717) is 51.5 Å². The molecular formula is C35H28Cl2N6O4. The molecule has 0 bridgehead atoms. The van der Waals surface area contributed by atoms with Gasteiger partial charge < -0.3 is 15.5 Å². The number of carbonyl (C=O) groups is 4. The lowest BCUT2D eigenvalue weighted by atomic mass is 9.93. The van der Waals surface area contributed by atoms with E-state index in [-0.39, 0.29) is 24.9 Å². The molecule has 7 rings (SSSR count). The molecule has 0 radical (unpaired) electrons. The van der Waals surface area contributed by atoms with Crippen molar-refractivity contribution in [1.29, 1.82) is 0 Å². The largest absolute Gasteiger partial charge is 0.353 e. The van der Waals surface area contributed by atoms with Gasteiger partial charge in [-0.05, 0) is 59.7 Å². The van der Waals surface area contributed by atoms with E-state index in [1.165, 1.54) is 9.80 Å². The lowest BCUT2D eigenvalue weighted by Crippen LogP contribution is -2.55. The van der Waals surface area contributed by atoms with Crippen molar-refractivity contribution in [2.24, 2.45) is 4.99 Å². The Morgan fingerprint density at radius 2 is 1.49 bits per heavy atom. The van der Waals surface area contributed by atoms with E-state index >= 15 is 0 Å². The van der Waals surface area contributed by atoms with Gasteiger partial charge in [0.2, 0.25) is 5.91 Å². The predicted molar refractivity (Wildman–Crippen MR) is 179 cm³/mol. The molecule has 5 amide bonds. The summed E-state index contributed by atoms with van der Waals surface area (Å²) in [5.41, 5.74) is 3.35. The molecule has 0 unspecified atom stereocenters. The van der Waals surface area contributed by atoms with E-state index < -0.39 is 24.0 Å². The van der Waals surface area contributed by atoms with Crippen LogP contribution in [-0.2, 0) is 9.59 Å². The van der Waals surface area contributed by atoms with Crippen molar-refractivity contribution in [3.8, 4) is 0 Å². The number of carbonyl (C=O) groups excluding carboxylic acids is 4. The van der Waals surface area contributed by atoms with Crippen LogP contribution in [0.4, 0.5) is 16.2 Å². The topological polar surface area (TPSA) is 114 Å². The number of halogens is 2. The van der Waals surface area contributed by atoms with Gasteiger partial charge in [0.05, 0.1) is 23.8 Å². The van der Waals surface area contributed by atoms with Crippen LogP contribution in [0.2, 0.25) is 10.0 Å². The van der Waals surface area contributed by atoms with Crippen molar-refractivity contribution in [3.05, 3.63) is 129 Å². The molecule has 12 heteroatoms. The van der Waals surface area contributed by atoms with E-state index in [2.05, 4.69) is 10.6 Å². The highest BCUT2D eigenvalue weighted by Gasteiger charge is 2.45. The van der Waals surface area contributed by atoms with Crippen molar-refractivity contribution in [3.63, 3.8) is 0 Å². The van der Waals surface area contributed by atoms with E-state index in [1.54, 1.807) is 59.5 Å². The second-order valence-electron chi connectivity index (χ2n) is 11.3. The highest BCUT2D eigenvalue weighted by Crippen LogP contribution is 2.45. The first-order valence-corrected chi connectivity index (χ1v) is 15.8. The number of anilines is 2. The lowest BCUT2D eigenvalue weighted by molar-refractivity contribution is -0.123. The standard InChI is InChI=1S/C35H28Cl2N6O4/c36-24-11-6-21(7-12-24)31-32(22-8-13-25(37)14-9-22)43(35(47)41-17-16-38-29(44)20-41)33(40-31)23-10-15-27-28(18-23)42(26-4-2-1-3-5-26)30(45)19-39-34(27)46/h1-15,18,31-32H,16-17,19-20H2,(H,38,44)(H,39,46)/t31-,32+/m0/s1. The highest BCUT2D eigenvalue weighted by atomic mass is 35.5. The van der Waals surface area contributed by atoms with Crippen LogP contribution in [0.5, 0.6) is 0 Å². The summed E-state index contributed by atoms with van der Waals surface area (Å²) in [6, 6.07) is 27.1. The Hall–Kier alpha value is -5.19. The summed E-state index contributed by atoms with van der Waals surface area (Å²) < 4.78 is 0. The van der Waals surface area contributed by atoms with Crippen LogP contribution in [0.3, 0.4) is 0 Å². The fourth-order valence-corrected chi connectivity index (χ4v) is 6.45. The number of fused-ring (bicyclic) bond motifs is 1. The molecule has 0 saturated carbocycles. The summed E-state index contributed by atoms with van der Waals surface area (Å²) >= 11 is 12.5. The van der Waals surface area contributed by atoms with Gasteiger partial charge in [0.15, 0.2) is 0 Å². The molecule has 3 aliphatic heterocycles. The average molecular weight is 668 g/mol. The summed E-state index contributed by atoms with van der Waals surface area (Å²) in [6.45, 7) is 0.340. The number of aliphatic imine (C=N–C) groups is 1. The van der Waals surface area contributed by atoms with Gasteiger partial charge >= 0.3 is 6.03 Å². The van der Waals surface area contributed by atoms with Crippen molar-refractivity contribution in [2.75, 3.05) is 31.1 Å². The van der Waals surface area contributed by atoms with E-state index in [4.69, 9.17) is 28.2 Å². The number of urea groups is 1. The minimum atomic E-state index is -0.630. The third-order valence-corrected chi connectivity index (χ3v) is 8.91. The lowest BCUT2D eigenvalue weighted by Gasteiger charge is -2.35. The van der Waals surface area contributed by atoms with Crippen molar-refractivity contribution < 1.29 is 19.2 Å². The van der Waals surface area contributed by atoms with E-state index in [1.807, 2.05) is 42.5 Å². The number of hydrogen-bond donors (Lipinski definition) is 2. The third-order valence-electron chi connectivity index (χ3n) is 8.41. The van der Waals surface area contributed by atoms with Gasteiger partial charge in [0, 0.05) is 34.4 Å². The minimum Gasteiger partial charge on any atom is -0.353 e. The molecule has 2 atom stereocenters. The van der Waals surface area contributed by atoms with Crippen LogP contribution in [0.15, 0.2) is 102 Å². The first-order chi connectivity index (χ1) is 22.8. The molecule has 10 nitrogen and oxygen atoms in total. The minimum absolute atomic E-state index is 0.109. The zero-order valence-corrected chi connectivity index (χ0v) is 26.4. The van der Waals surface area contributed by atoms with Gasteiger partial charge in [-0.2, -0.15) is 0 Å². The molecule has 2 N–H and O–H groups in total. The van der Waals surface area contributed by atoms with E-state index in [0.717, 1.165) is 11.1 Å². The van der Waals surface area contributed by atoms with Crippen LogP contribution in [0.1, 0.15) is 39.1 Å². The maximum Gasteiger partial charge on any atom is 0.326 e. The van der Waals surface area contributed by atoms with Gasteiger partial charge in [0.1, 0.15) is 18.4 Å². The van der Waals surface area contributed by atoms with Crippen molar-refractivity contribution in [2.45, 2.75) is 12.1 Å². The number of nitrogens with zero attached hydrogens (tertiary/aromatic N) is 4. The monoisotopic (exact) mass is 666 g/mol. The molecule has 3 aliphatic rings. The van der Waals surface area contributed by atoms with Gasteiger partial charge in [-0.25, -0.2) is 4.79 Å². The van der Waals surface area contributed by atoms with Crippen molar-refractivity contribution in [1.82, 2.24) is 20.4 Å². The molecule has 4 aromatic rings. The van der Waals surface area contributed by atoms with Crippen LogP contribution < -0.4 is 15.5 Å². The summed E-state index contributed by atoms with van der Waals surface area (Å²) in [6.07, 6.45) is 0. The number of amidine groups is 1. The molecule has 1 saturated heterocycles. The first-order valence-electron chi connectivity index (χ1n) is 15.0. The number of piperazine rings is 1. The molecule has 236 valence electrons. The number of benzene rings is 4. The Morgan fingerprint density at radius 3 is 2.17 bits per heavy atom. The average Bonchev–Trinajstić information content (AvgIpc) is 3.43. The summed E-state index contributed by atoms with van der Waals surface area (Å²) in [4.78, 5) is 63.4. The number of para-hydroxylation sites is 1. The Labute approximate surface area is 280 Å². The smallest absolute Gasteiger partial charge is 0.326 e. The molecule has 4 aromatic carbocycles. The van der Waals surface area contributed by atoms with Crippen molar-refractivity contribution >= 4 is 64.2 Å². The summed E-state index contributed by atoms with van der Waals surface area (Å²) in [7, 11) is 0. The zero-order chi connectivity index (χ0) is 32.7. The fraction of sp³-hybridized carbons (Fsp3) is 0.171. The summed E-state index contributed by atoms with van der Waals surface area (Å²) in [5, 5.41) is 6.56. The Morgan fingerprint density at radius 1 is 0.809 bits per heavy atom.